The molecule has 0 fully saturated rings. The van der Waals surface area contributed by atoms with Gasteiger partial charge in [0.05, 0.1) is 0 Å². The molecule has 0 spiro atoms. The number of halogens is 3. The fraction of sp³-hybridized carbons (Fsp3) is 0.0476. The summed E-state index contributed by atoms with van der Waals surface area (Å²) in [4.78, 5) is 11.1. The molecule has 0 saturated heterocycles. The average molecular weight is 480 g/mol. The van der Waals surface area contributed by atoms with Crippen LogP contribution in [0.25, 0.3) is 0 Å². The number of carbonyl (C=O) groups excluding carboxylic acids is 1. The summed E-state index contributed by atoms with van der Waals surface area (Å²) >= 11 is 5.10. The zero-order valence-electron chi connectivity index (χ0n) is 16.1. The molecule has 0 unspecified atom stereocenters. The van der Waals surface area contributed by atoms with Crippen LogP contribution in [-0.4, -0.2) is 24.9 Å². The van der Waals surface area contributed by atoms with Crippen molar-refractivity contribution in [3.63, 3.8) is 0 Å². The molecule has 0 atom stereocenters. The van der Waals surface area contributed by atoms with Crippen molar-refractivity contribution in [2.75, 3.05) is 5.32 Å². The van der Waals surface area contributed by atoms with Crippen molar-refractivity contribution < 1.29 is 31.1 Å². The highest BCUT2D eigenvalue weighted by Crippen LogP contribution is 2.37. The van der Waals surface area contributed by atoms with Gasteiger partial charge in [-0.05, 0) is 60.7 Å². The van der Waals surface area contributed by atoms with Gasteiger partial charge in [0.1, 0.15) is 16.4 Å². The van der Waals surface area contributed by atoms with Crippen molar-refractivity contribution in [3.05, 3.63) is 84.4 Å². The number of amides is 1. The molecule has 166 valence electrons. The SMILES string of the molecule is O=C(NC(=S)Nc1ccc(Oc2ccccc2S(=O)(=O)C(F)(F)F)cc1)c1ccccc1. The molecule has 0 aliphatic rings. The number of anilines is 1. The highest BCUT2D eigenvalue weighted by molar-refractivity contribution is 7.92. The zero-order valence-corrected chi connectivity index (χ0v) is 17.7. The van der Waals surface area contributed by atoms with E-state index < -0.39 is 31.9 Å². The van der Waals surface area contributed by atoms with Crippen LogP contribution in [0.4, 0.5) is 18.9 Å². The fourth-order valence-electron chi connectivity index (χ4n) is 2.54. The number of hydrogen-bond acceptors (Lipinski definition) is 5. The number of ether oxygens (including phenoxy) is 1. The highest BCUT2D eigenvalue weighted by Gasteiger charge is 2.48. The van der Waals surface area contributed by atoms with E-state index in [2.05, 4.69) is 10.6 Å². The molecular weight excluding hydrogens is 465 g/mol. The van der Waals surface area contributed by atoms with Gasteiger partial charge in [0, 0.05) is 11.3 Å². The smallest absolute Gasteiger partial charge is 0.456 e. The molecule has 0 radical (unpaired) electrons. The first-order valence-electron chi connectivity index (χ1n) is 8.93. The lowest BCUT2D eigenvalue weighted by Crippen LogP contribution is -2.34. The van der Waals surface area contributed by atoms with Crippen molar-refractivity contribution in [2.45, 2.75) is 10.4 Å². The van der Waals surface area contributed by atoms with E-state index in [1.165, 1.54) is 36.4 Å². The number of benzene rings is 3. The summed E-state index contributed by atoms with van der Waals surface area (Å²) in [5.41, 5.74) is -4.57. The summed E-state index contributed by atoms with van der Waals surface area (Å²) in [5, 5.41) is 5.34. The second-order valence-corrected chi connectivity index (χ2v) is 8.61. The standard InChI is InChI=1S/C21H15F3N2O4S2/c22-21(23,24)32(28,29)18-9-5-4-8-17(18)30-16-12-10-15(11-13-16)25-20(31)26-19(27)14-6-2-1-3-7-14/h1-13H,(H2,25,26,27,31). The lowest BCUT2D eigenvalue weighted by molar-refractivity contribution is -0.0437. The predicted octanol–water partition coefficient (Wildman–Crippen LogP) is 4.90. The van der Waals surface area contributed by atoms with Gasteiger partial charge in [0.25, 0.3) is 15.7 Å². The molecule has 3 rings (SSSR count). The lowest BCUT2D eigenvalue weighted by atomic mass is 10.2. The lowest BCUT2D eigenvalue weighted by Gasteiger charge is -2.14. The third-order valence-electron chi connectivity index (χ3n) is 4.05. The van der Waals surface area contributed by atoms with E-state index in [9.17, 15) is 26.4 Å². The van der Waals surface area contributed by atoms with Crippen LogP contribution in [0.5, 0.6) is 11.5 Å². The molecule has 11 heteroatoms. The number of para-hydroxylation sites is 1. The molecular formula is C21H15F3N2O4S2. The minimum Gasteiger partial charge on any atom is -0.456 e. The van der Waals surface area contributed by atoms with Gasteiger partial charge in [0.2, 0.25) is 0 Å². The molecule has 0 aliphatic heterocycles. The van der Waals surface area contributed by atoms with E-state index in [0.717, 1.165) is 12.1 Å². The van der Waals surface area contributed by atoms with E-state index >= 15 is 0 Å². The molecule has 3 aromatic rings. The maximum atomic E-state index is 12.9. The number of rotatable bonds is 5. The first-order valence-corrected chi connectivity index (χ1v) is 10.8. The van der Waals surface area contributed by atoms with Gasteiger partial charge in [-0.15, -0.1) is 0 Å². The first-order chi connectivity index (χ1) is 15.1. The molecule has 0 aromatic heterocycles. The topological polar surface area (TPSA) is 84.5 Å². The molecule has 2 N–H and O–H groups in total. The normalized spacial score (nSPS) is 11.5. The average Bonchev–Trinajstić information content (AvgIpc) is 2.75. The Balaban J connectivity index is 1.69. The molecule has 0 heterocycles. The van der Waals surface area contributed by atoms with Crippen LogP contribution in [0.3, 0.4) is 0 Å². The number of thiocarbonyl (C=S) groups is 1. The Labute approximate surface area is 186 Å². The molecule has 0 bridgehead atoms. The third kappa shape index (κ3) is 5.42. The molecule has 6 nitrogen and oxygen atoms in total. The van der Waals surface area contributed by atoms with Gasteiger partial charge in [-0.3, -0.25) is 10.1 Å². The van der Waals surface area contributed by atoms with Gasteiger partial charge < -0.3 is 10.1 Å². The maximum absolute atomic E-state index is 12.9. The van der Waals surface area contributed by atoms with Crippen LogP contribution in [0.2, 0.25) is 0 Å². The van der Waals surface area contributed by atoms with Gasteiger partial charge >= 0.3 is 5.51 Å². The summed E-state index contributed by atoms with van der Waals surface area (Å²) in [5.74, 6) is -0.763. The van der Waals surface area contributed by atoms with Crippen LogP contribution >= 0.6 is 12.2 Å². The Kier molecular flexibility index (Phi) is 6.80. The number of nitrogens with one attached hydrogen (secondary N) is 2. The quantitative estimate of drug-likeness (QED) is 0.506. The van der Waals surface area contributed by atoms with Crippen molar-refractivity contribution >= 4 is 38.8 Å². The van der Waals surface area contributed by atoms with Crippen LogP contribution in [0.15, 0.2) is 83.8 Å². The Morgan fingerprint density at radius 3 is 2.09 bits per heavy atom. The van der Waals surface area contributed by atoms with Gasteiger partial charge in [-0.25, -0.2) is 8.42 Å². The van der Waals surface area contributed by atoms with Crippen molar-refractivity contribution in [3.8, 4) is 11.5 Å². The molecule has 0 aliphatic carbocycles. The van der Waals surface area contributed by atoms with Crippen molar-refractivity contribution in [2.24, 2.45) is 0 Å². The minimum absolute atomic E-state index is 0.0362. The molecule has 0 saturated carbocycles. The van der Waals surface area contributed by atoms with E-state index in [1.54, 1.807) is 30.3 Å². The Morgan fingerprint density at radius 2 is 1.47 bits per heavy atom. The number of sulfone groups is 1. The third-order valence-corrected chi connectivity index (χ3v) is 5.78. The molecule has 32 heavy (non-hydrogen) atoms. The predicted molar refractivity (Wildman–Crippen MR) is 116 cm³/mol. The van der Waals surface area contributed by atoms with Crippen LogP contribution in [0, 0.1) is 0 Å². The number of hydrogen-bond donors (Lipinski definition) is 2. The minimum atomic E-state index is -5.58. The summed E-state index contributed by atoms with van der Waals surface area (Å²) in [6.07, 6.45) is 0. The number of alkyl halides is 3. The Bertz CT molecular complexity index is 1230. The maximum Gasteiger partial charge on any atom is 0.502 e. The summed E-state index contributed by atoms with van der Waals surface area (Å²) < 4.78 is 67.6. The van der Waals surface area contributed by atoms with Gasteiger partial charge in [-0.1, -0.05) is 30.3 Å². The molecule has 1 amide bonds. The zero-order chi connectivity index (χ0) is 23.4. The Morgan fingerprint density at radius 1 is 0.875 bits per heavy atom. The first kappa shape index (κ1) is 23.2. The molecule has 3 aromatic carbocycles. The highest BCUT2D eigenvalue weighted by atomic mass is 32.2. The Hall–Kier alpha value is -3.44. The van der Waals surface area contributed by atoms with Crippen molar-refractivity contribution in [1.82, 2.24) is 5.32 Å². The summed E-state index contributed by atoms with van der Waals surface area (Å²) in [6.45, 7) is 0. The van der Waals surface area contributed by atoms with Gasteiger partial charge in [-0.2, -0.15) is 13.2 Å². The number of carbonyl (C=O) groups is 1. The van der Waals surface area contributed by atoms with E-state index in [1.807, 2.05) is 0 Å². The van der Waals surface area contributed by atoms with Crippen LogP contribution < -0.4 is 15.4 Å². The van der Waals surface area contributed by atoms with Crippen molar-refractivity contribution in [1.29, 1.82) is 0 Å². The second-order valence-electron chi connectivity index (χ2n) is 6.30. The van der Waals surface area contributed by atoms with E-state index in [4.69, 9.17) is 17.0 Å². The fourth-order valence-corrected chi connectivity index (χ4v) is 3.63. The second kappa shape index (κ2) is 9.37. The van der Waals surface area contributed by atoms with Crippen LogP contribution in [0.1, 0.15) is 10.4 Å². The van der Waals surface area contributed by atoms with Gasteiger partial charge in [0.15, 0.2) is 5.11 Å². The summed E-state index contributed by atoms with van der Waals surface area (Å²) in [6, 6.07) is 18.7. The largest absolute Gasteiger partial charge is 0.502 e. The summed E-state index contributed by atoms with van der Waals surface area (Å²) in [7, 11) is -5.58. The van der Waals surface area contributed by atoms with E-state index in [-0.39, 0.29) is 10.9 Å². The monoisotopic (exact) mass is 480 g/mol. The van der Waals surface area contributed by atoms with E-state index in [0.29, 0.717) is 11.3 Å². The van der Waals surface area contributed by atoms with Crippen LogP contribution in [-0.2, 0) is 9.84 Å².